The molecule has 0 aliphatic rings. The van der Waals surface area contributed by atoms with Gasteiger partial charge in [0.25, 0.3) is 0 Å². The zero-order valence-electron chi connectivity index (χ0n) is 36.7. The lowest BCUT2D eigenvalue weighted by atomic mass is 9.94. The van der Waals surface area contributed by atoms with Gasteiger partial charge in [0.2, 0.25) is 0 Å². The summed E-state index contributed by atoms with van der Waals surface area (Å²) in [6.07, 6.45) is 7.22. The number of benzene rings is 2. The van der Waals surface area contributed by atoms with Crippen molar-refractivity contribution in [2.45, 2.75) is 108 Å². The van der Waals surface area contributed by atoms with Gasteiger partial charge in [0.15, 0.2) is 11.3 Å². The molecule has 0 amide bonds. The van der Waals surface area contributed by atoms with Crippen LogP contribution in [0, 0.1) is 69.2 Å². The van der Waals surface area contributed by atoms with Crippen LogP contribution in [0.25, 0.3) is 55.6 Å². The monoisotopic (exact) mass is 786 g/mol. The SMILES string of the molecule is C=CCc1cc2c(C)nc3c(-c4c(C)cc(C)cc4C)c(C)nn3c2n1CCCOCCCn1c(CC=C)cc2c(C)nc3c(-c4c(C)cc(C)cc4C)c(C)nn3c21. The molecule has 0 spiro atoms. The first-order valence-electron chi connectivity index (χ1n) is 21.0. The minimum absolute atomic E-state index is 0.654. The van der Waals surface area contributed by atoms with Gasteiger partial charge in [0, 0.05) is 61.3 Å². The molecule has 6 heterocycles. The zero-order chi connectivity index (χ0) is 41.9. The molecule has 59 heavy (non-hydrogen) atoms. The van der Waals surface area contributed by atoms with Crippen LogP contribution < -0.4 is 0 Å². The Morgan fingerprint density at radius 2 is 0.881 bits per heavy atom. The minimum Gasteiger partial charge on any atom is -0.381 e. The van der Waals surface area contributed by atoms with E-state index >= 15 is 0 Å². The molecule has 0 saturated carbocycles. The Hall–Kier alpha value is -5.80. The molecule has 0 fully saturated rings. The molecule has 0 N–H and O–H groups in total. The third-order valence-electron chi connectivity index (χ3n) is 12.0. The number of nitrogens with zero attached hydrogens (tertiary/aromatic N) is 8. The molecule has 6 aromatic heterocycles. The molecular formula is C50H58N8O. The van der Waals surface area contributed by atoms with Gasteiger partial charge < -0.3 is 13.9 Å². The predicted octanol–water partition coefficient (Wildman–Crippen LogP) is 11.1. The Bertz CT molecular complexity index is 2720. The normalized spacial score (nSPS) is 12.0. The molecule has 8 aromatic rings. The number of ether oxygens (including phenoxy) is 1. The van der Waals surface area contributed by atoms with Gasteiger partial charge in [0.05, 0.1) is 33.9 Å². The van der Waals surface area contributed by atoms with E-state index in [1.807, 2.05) is 12.2 Å². The van der Waals surface area contributed by atoms with Crippen molar-refractivity contribution in [2.75, 3.05) is 13.2 Å². The summed E-state index contributed by atoms with van der Waals surface area (Å²) in [6, 6.07) is 13.5. The fraction of sp³-hybridized carbons (Fsp3) is 0.360. The molecule has 0 radical (unpaired) electrons. The van der Waals surface area contributed by atoms with Crippen molar-refractivity contribution in [1.29, 1.82) is 0 Å². The average molecular weight is 787 g/mol. The summed E-state index contributed by atoms with van der Waals surface area (Å²) >= 11 is 0. The second-order valence-corrected chi connectivity index (χ2v) is 16.7. The van der Waals surface area contributed by atoms with Gasteiger partial charge in [-0.15, -0.1) is 13.2 Å². The predicted molar refractivity (Wildman–Crippen MR) is 243 cm³/mol. The van der Waals surface area contributed by atoms with Gasteiger partial charge >= 0.3 is 0 Å². The van der Waals surface area contributed by atoms with Gasteiger partial charge in [-0.25, -0.2) is 9.97 Å². The molecule has 2 aromatic carbocycles. The molecule has 304 valence electrons. The second-order valence-electron chi connectivity index (χ2n) is 16.7. The van der Waals surface area contributed by atoms with Crippen molar-refractivity contribution >= 4 is 33.4 Å². The van der Waals surface area contributed by atoms with Crippen molar-refractivity contribution in [3.63, 3.8) is 0 Å². The fourth-order valence-electron chi connectivity index (χ4n) is 9.76. The fourth-order valence-corrected chi connectivity index (χ4v) is 9.76. The quantitative estimate of drug-likeness (QED) is 0.0810. The highest BCUT2D eigenvalue weighted by molar-refractivity contribution is 5.91. The number of hydrogen-bond acceptors (Lipinski definition) is 5. The summed E-state index contributed by atoms with van der Waals surface area (Å²) in [5.74, 6) is 0. The van der Waals surface area contributed by atoms with Gasteiger partial charge in [-0.1, -0.05) is 47.5 Å². The number of allylic oxidation sites excluding steroid dienone is 2. The smallest absolute Gasteiger partial charge is 0.165 e. The first-order valence-corrected chi connectivity index (χ1v) is 21.0. The van der Waals surface area contributed by atoms with E-state index in [2.05, 4.69) is 137 Å². The molecule has 0 saturated heterocycles. The van der Waals surface area contributed by atoms with Crippen LogP contribution in [0.2, 0.25) is 0 Å². The lowest BCUT2D eigenvalue weighted by Crippen LogP contribution is -2.11. The Morgan fingerprint density at radius 3 is 1.24 bits per heavy atom. The highest BCUT2D eigenvalue weighted by atomic mass is 16.5. The maximum atomic E-state index is 6.37. The Balaban J connectivity index is 1.03. The van der Waals surface area contributed by atoms with E-state index in [4.69, 9.17) is 24.9 Å². The standard InChI is InChI=1S/C50H58N8O/c1-13-17-39-27-41-35(9)51-47-45(43-31(5)23-29(3)24-32(43)6)37(11)53-57(47)49(41)55(39)19-15-21-59-22-16-20-56-40(18-14-2)28-42-36(10)52-48-46(38(12)54-58(48)50(42)56)44-33(7)25-30(4)26-34(44)8/h13-14,23-28H,1-2,15-22H2,3-12H3. The average Bonchev–Trinajstić information content (AvgIpc) is 3.89. The third-order valence-corrected chi connectivity index (χ3v) is 12.0. The van der Waals surface area contributed by atoms with Crippen molar-refractivity contribution < 1.29 is 4.74 Å². The molecule has 0 unspecified atom stereocenters. The summed E-state index contributed by atoms with van der Waals surface area (Å²) in [4.78, 5) is 10.4. The topological polar surface area (TPSA) is 79.5 Å². The van der Waals surface area contributed by atoms with Crippen molar-refractivity contribution in [3.05, 3.63) is 129 Å². The van der Waals surface area contributed by atoms with E-state index in [-0.39, 0.29) is 0 Å². The van der Waals surface area contributed by atoms with Crippen LogP contribution in [-0.2, 0) is 30.7 Å². The number of aryl methyl sites for hydroxylation is 12. The minimum atomic E-state index is 0.654. The number of fused-ring (bicyclic) bond motifs is 6. The zero-order valence-corrected chi connectivity index (χ0v) is 36.7. The Morgan fingerprint density at radius 1 is 0.508 bits per heavy atom. The van der Waals surface area contributed by atoms with Crippen LogP contribution in [0.15, 0.2) is 61.7 Å². The first kappa shape index (κ1) is 40.0. The van der Waals surface area contributed by atoms with Crippen LogP contribution in [0.5, 0.6) is 0 Å². The van der Waals surface area contributed by atoms with Gasteiger partial charge in [-0.3, -0.25) is 0 Å². The second kappa shape index (κ2) is 15.8. The van der Waals surface area contributed by atoms with Gasteiger partial charge in [0.1, 0.15) is 11.3 Å². The van der Waals surface area contributed by atoms with Crippen LogP contribution in [0.3, 0.4) is 0 Å². The van der Waals surface area contributed by atoms with Crippen molar-refractivity contribution in [1.82, 2.24) is 38.3 Å². The van der Waals surface area contributed by atoms with Crippen LogP contribution in [0.1, 0.15) is 80.4 Å². The summed E-state index contributed by atoms with van der Waals surface area (Å²) in [6.45, 7) is 32.6. The number of rotatable bonds is 14. The van der Waals surface area contributed by atoms with Gasteiger partial charge in [-0.2, -0.15) is 19.2 Å². The molecule has 0 atom stereocenters. The van der Waals surface area contributed by atoms with E-state index in [1.165, 1.54) is 55.9 Å². The van der Waals surface area contributed by atoms with E-state index in [9.17, 15) is 0 Å². The van der Waals surface area contributed by atoms with Gasteiger partial charge in [-0.05, 0) is 128 Å². The maximum absolute atomic E-state index is 6.37. The van der Waals surface area contributed by atoms with Crippen molar-refractivity contribution in [2.24, 2.45) is 0 Å². The molecule has 9 heteroatoms. The number of hydrogen-bond donors (Lipinski definition) is 0. The van der Waals surface area contributed by atoms with E-state index in [0.717, 1.165) is 106 Å². The lowest BCUT2D eigenvalue weighted by Gasteiger charge is -2.14. The van der Waals surface area contributed by atoms with Crippen LogP contribution in [0.4, 0.5) is 0 Å². The summed E-state index contributed by atoms with van der Waals surface area (Å²) in [7, 11) is 0. The molecule has 0 aliphatic carbocycles. The van der Waals surface area contributed by atoms with E-state index < -0.39 is 0 Å². The summed E-state index contributed by atoms with van der Waals surface area (Å²) in [5, 5.41) is 12.5. The highest BCUT2D eigenvalue weighted by Gasteiger charge is 2.24. The Labute approximate surface area is 348 Å². The largest absolute Gasteiger partial charge is 0.381 e. The van der Waals surface area contributed by atoms with Crippen LogP contribution in [-0.4, -0.2) is 51.5 Å². The third kappa shape index (κ3) is 6.89. The molecule has 0 bridgehead atoms. The van der Waals surface area contributed by atoms with E-state index in [0.29, 0.717) is 13.2 Å². The molecule has 0 aliphatic heterocycles. The summed E-state index contributed by atoms with van der Waals surface area (Å²) < 4.78 is 15.3. The molecule has 8 rings (SSSR count). The van der Waals surface area contributed by atoms with E-state index in [1.54, 1.807) is 0 Å². The highest BCUT2D eigenvalue weighted by Crippen LogP contribution is 2.38. The maximum Gasteiger partial charge on any atom is 0.165 e. The van der Waals surface area contributed by atoms with Crippen molar-refractivity contribution in [3.8, 4) is 22.3 Å². The first-order chi connectivity index (χ1) is 28.3. The summed E-state index contributed by atoms with van der Waals surface area (Å²) in [5.41, 5.74) is 22.6. The number of aromatic nitrogens is 8. The lowest BCUT2D eigenvalue weighted by molar-refractivity contribution is 0.123. The van der Waals surface area contributed by atoms with Crippen LogP contribution >= 0.6 is 0 Å². The Kier molecular flexibility index (Phi) is 10.7. The molecule has 9 nitrogen and oxygen atoms in total. The molecular weight excluding hydrogens is 729 g/mol.